The van der Waals surface area contributed by atoms with Crippen LogP contribution in [0.1, 0.15) is 73.1 Å². The van der Waals surface area contributed by atoms with Gasteiger partial charge in [0, 0.05) is 0 Å². The van der Waals surface area contributed by atoms with Crippen molar-refractivity contribution in [2.24, 2.45) is 23.7 Å². The van der Waals surface area contributed by atoms with E-state index in [1.54, 1.807) is 0 Å². The van der Waals surface area contributed by atoms with E-state index in [0.29, 0.717) is 17.8 Å². The Morgan fingerprint density at radius 3 is 2.52 bits per heavy atom. The topological polar surface area (TPSA) is 20.2 Å². The van der Waals surface area contributed by atoms with Crippen molar-refractivity contribution in [3.05, 3.63) is 23.3 Å². The molecule has 21 heavy (non-hydrogen) atoms. The maximum Gasteiger partial charge on any atom is 0.0653 e. The third kappa shape index (κ3) is 4.00. The van der Waals surface area contributed by atoms with E-state index in [2.05, 4.69) is 46.8 Å². The van der Waals surface area contributed by atoms with Gasteiger partial charge in [-0.15, -0.1) is 0 Å². The van der Waals surface area contributed by atoms with Gasteiger partial charge in [0.15, 0.2) is 0 Å². The molecule has 0 amide bonds. The lowest BCUT2D eigenvalue weighted by Gasteiger charge is -2.48. The maximum atomic E-state index is 11.0. The molecule has 1 saturated carbocycles. The van der Waals surface area contributed by atoms with Crippen molar-refractivity contribution in [2.75, 3.05) is 0 Å². The molecule has 1 fully saturated rings. The molecule has 0 aromatic heterocycles. The molecule has 4 atom stereocenters. The van der Waals surface area contributed by atoms with E-state index in [1.165, 1.54) is 30.4 Å². The third-order valence-corrected chi connectivity index (χ3v) is 5.96. The van der Waals surface area contributed by atoms with Crippen LogP contribution in [-0.4, -0.2) is 10.7 Å². The normalized spacial score (nSPS) is 43.5. The van der Waals surface area contributed by atoms with Crippen LogP contribution in [0.25, 0.3) is 0 Å². The van der Waals surface area contributed by atoms with Gasteiger partial charge in [0.2, 0.25) is 0 Å². The predicted octanol–water partition coefficient (Wildman–Crippen LogP) is 5.50. The molecule has 0 heterocycles. The summed E-state index contributed by atoms with van der Waals surface area (Å²) >= 11 is 0. The molecule has 0 radical (unpaired) electrons. The summed E-state index contributed by atoms with van der Waals surface area (Å²) in [4.78, 5) is 0. The summed E-state index contributed by atoms with van der Waals surface area (Å²) in [6, 6.07) is 0. The van der Waals surface area contributed by atoms with Gasteiger partial charge in [-0.1, -0.05) is 37.1 Å². The van der Waals surface area contributed by atoms with E-state index >= 15 is 0 Å². The van der Waals surface area contributed by atoms with Crippen LogP contribution in [0, 0.1) is 23.7 Å². The standard InChI is InChI=1S/C20H34O/c1-14(2)17-11-12-20(5,21)19-10-9-15(3)7-6-8-16(4)13-18(17)19/h7,13-14,17-19,21H,6,8-12H2,1-5H3/b15-7+,16-13-/t17-,18?,19-,20-/m1/s1. The van der Waals surface area contributed by atoms with E-state index in [9.17, 15) is 5.11 Å². The van der Waals surface area contributed by atoms with Gasteiger partial charge in [0.25, 0.3) is 0 Å². The number of hydrogen-bond donors (Lipinski definition) is 1. The molecule has 1 N–H and O–H groups in total. The van der Waals surface area contributed by atoms with E-state index < -0.39 is 5.60 Å². The second kappa shape index (κ2) is 6.69. The van der Waals surface area contributed by atoms with Crippen LogP contribution in [0.3, 0.4) is 0 Å². The Hall–Kier alpha value is -0.560. The van der Waals surface area contributed by atoms with E-state index in [-0.39, 0.29) is 0 Å². The van der Waals surface area contributed by atoms with Crippen molar-refractivity contribution in [1.29, 1.82) is 0 Å². The molecule has 2 aliphatic carbocycles. The highest BCUT2D eigenvalue weighted by Crippen LogP contribution is 2.48. The van der Waals surface area contributed by atoms with Gasteiger partial charge in [0.05, 0.1) is 5.60 Å². The van der Waals surface area contributed by atoms with Gasteiger partial charge >= 0.3 is 0 Å². The summed E-state index contributed by atoms with van der Waals surface area (Å²) in [6.45, 7) is 11.3. The Kier molecular flexibility index (Phi) is 5.35. The fraction of sp³-hybridized carbons (Fsp3) is 0.800. The van der Waals surface area contributed by atoms with Crippen molar-refractivity contribution in [1.82, 2.24) is 0 Å². The molecule has 2 aliphatic rings. The lowest BCUT2D eigenvalue weighted by atomic mass is 9.60. The summed E-state index contributed by atoms with van der Waals surface area (Å²) in [5.74, 6) is 2.40. The lowest BCUT2D eigenvalue weighted by Crippen LogP contribution is -2.47. The fourth-order valence-corrected chi connectivity index (χ4v) is 4.51. The van der Waals surface area contributed by atoms with Crippen LogP contribution in [0.5, 0.6) is 0 Å². The first-order valence-corrected chi connectivity index (χ1v) is 8.86. The molecule has 1 unspecified atom stereocenters. The van der Waals surface area contributed by atoms with Crippen molar-refractivity contribution in [3.8, 4) is 0 Å². The van der Waals surface area contributed by atoms with E-state index in [0.717, 1.165) is 25.2 Å². The van der Waals surface area contributed by atoms with Gasteiger partial charge in [-0.3, -0.25) is 0 Å². The highest BCUT2D eigenvalue weighted by molar-refractivity contribution is 5.12. The SMILES string of the molecule is C/C1=C/C2[C@@H](C(C)C)CC[C@@](C)(O)[C@@H]2CC/C(C)=C/CC1. The Morgan fingerprint density at radius 1 is 1.14 bits per heavy atom. The summed E-state index contributed by atoms with van der Waals surface area (Å²) in [5, 5.41) is 11.0. The highest BCUT2D eigenvalue weighted by Gasteiger charge is 2.44. The minimum absolute atomic E-state index is 0.412. The zero-order chi connectivity index (χ0) is 15.6. The number of hydrogen-bond acceptors (Lipinski definition) is 1. The molecular weight excluding hydrogens is 256 g/mol. The number of rotatable bonds is 1. The Labute approximate surface area is 131 Å². The molecular formula is C20H34O. The number of fused-ring (bicyclic) bond motifs is 1. The van der Waals surface area contributed by atoms with Crippen LogP contribution in [0.2, 0.25) is 0 Å². The summed E-state index contributed by atoms with van der Waals surface area (Å²) < 4.78 is 0. The monoisotopic (exact) mass is 290 g/mol. The Bertz CT molecular complexity index is 414. The summed E-state index contributed by atoms with van der Waals surface area (Å²) in [6.07, 6.45) is 11.7. The van der Waals surface area contributed by atoms with Gasteiger partial charge in [-0.25, -0.2) is 0 Å². The first-order chi connectivity index (χ1) is 9.81. The predicted molar refractivity (Wildman–Crippen MR) is 91.1 cm³/mol. The molecule has 0 saturated heterocycles. The van der Waals surface area contributed by atoms with E-state index in [1.807, 2.05) is 0 Å². The first kappa shape index (κ1) is 16.8. The zero-order valence-corrected chi connectivity index (χ0v) is 14.7. The molecule has 2 rings (SSSR count). The molecule has 1 heteroatoms. The average molecular weight is 290 g/mol. The molecule has 0 aliphatic heterocycles. The molecule has 0 spiro atoms. The second-order valence-corrected chi connectivity index (χ2v) is 8.13. The van der Waals surface area contributed by atoms with Gasteiger partial charge in [-0.2, -0.15) is 0 Å². The van der Waals surface area contributed by atoms with Crippen molar-refractivity contribution in [2.45, 2.75) is 78.7 Å². The smallest absolute Gasteiger partial charge is 0.0653 e. The highest BCUT2D eigenvalue weighted by atomic mass is 16.3. The maximum absolute atomic E-state index is 11.0. The molecule has 120 valence electrons. The number of aliphatic hydroxyl groups is 1. The van der Waals surface area contributed by atoms with Crippen LogP contribution in [0.15, 0.2) is 23.3 Å². The number of allylic oxidation sites excluding steroid dienone is 4. The van der Waals surface area contributed by atoms with Crippen molar-refractivity contribution >= 4 is 0 Å². The molecule has 0 bridgehead atoms. The minimum atomic E-state index is -0.494. The summed E-state index contributed by atoms with van der Waals surface area (Å²) in [5.41, 5.74) is 2.52. The largest absolute Gasteiger partial charge is 0.390 e. The quantitative estimate of drug-likeness (QED) is 0.632. The summed E-state index contributed by atoms with van der Waals surface area (Å²) in [7, 11) is 0. The van der Waals surface area contributed by atoms with Gasteiger partial charge < -0.3 is 5.11 Å². The second-order valence-electron chi connectivity index (χ2n) is 8.13. The Morgan fingerprint density at radius 2 is 1.86 bits per heavy atom. The van der Waals surface area contributed by atoms with Gasteiger partial charge in [0.1, 0.15) is 0 Å². The van der Waals surface area contributed by atoms with Crippen molar-refractivity contribution < 1.29 is 5.11 Å². The fourth-order valence-electron chi connectivity index (χ4n) is 4.51. The van der Waals surface area contributed by atoms with Crippen LogP contribution in [-0.2, 0) is 0 Å². The average Bonchev–Trinajstić information content (AvgIpc) is 2.36. The molecule has 0 aromatic carbocycles. The Balaban J connectivity index is 2.35. The van der Waals surface area contributed by atoms with Crippen LogP contribution in [0.4, 0.5) is 0 Å². The third-order valence-electron chi connectivity index (χ3n) is 5.96. The lowest BCUT2D eigenvalue weighted by molar-refractivity contribution is -0.0780. The van der Waals surface area contributed by atoms with Crippen LogP contribution >= 0.6 is 0 Å². The zero-order valence-electron chi connectivity index (χ0n) is 14.7. The molecule has 1 nitrogen and oxygen atoms in total. The van der Waals surface area contributed by atoms with E-state index in [4.69, 9.17) is 0 Å². The van der Waals surface area contributed by atoms with Gasteiger partial charge in [-0.05, 0) is 83.0 Å². The molecule has 0 aromatic rings. The van der Waals surface area contributed by atoms with Crippen molar-refractivity contribution in [3.63, 3.8) is 0 Å². The van der Waals surface area contributed by atoms with Crippen LogP contribution < -0.4 is 0 Å². The first-order valence-electron chi connectivity index (χ1n) is 8.86. The minimum Gasteiger partial charge on any atom is -0.390 e.